The number of hydrogen-bond donors (Lipinski definition) is 1. The lowest BCUT2D eigenvalue weighted by molar-refractivity contribution is -0.380. The number of nitrogens with zero attached hydrogens (tertiary/aromatic N) is 2. The smallest absolute Gasteiger partial charge is 0.273 e. The number of hydrogen-bond acceptors (Lipinski definition) is 5. The summed E-state index contributed by atoms with van der Waals surface area (Å²) in [6, 6.07) is 12.9. The Bertz CT molecular complexity index is 727. The van der Waals surface area contributed by atoms with Gasteiger partial charge in [-0.2, -0.15) is 5.10 Å². The standard InChI is InChI=1S/C15H13N3O3S/c19-15(13-8-12(13)10-4-2-1-3-5-10)17-16-9-11-6-7-14(22-11)18(20)21/h1-7,9,12-13H,8H2,(H,17,19). The molecule has 3 rings (SSSR count). The maximum Gasteiger partial charge on any atom is 0.324 e. The van der Waals surface area contributed by atoms with E-state index in [1.165, 1.54) is 17.8 Å². The van der Waals surface area contributed by atoms with E-state index in [1.807, 2.05) is 30.3 Å². The molecule has 2 aromatic rings. The molecular weight excluding hydrogens is 302 g/mol. The quantitative estimate of drug-likeness (QED) is 0.523. The van der Waals surface area contributed by atoms with Gasteiger partial charge in [-0.15, -0.1) is 0 Å². The summed E-state index contributed by atoms with van der Waals surface area (Å²) >= 11 is 1.01. The van der Waals surface area contributed by atoms with Crippen LogP contribution >= 0.6 is 11.3 Å². The maximum atomic E-state index is 12.0. The SMILES string of the molecule is O=C(NN=Cc1ccc([N+](=O)[O-])s1)C1CC1c1ccccc1. The summed E-state index contributed by atoms with van der Waals surface area (Å²) in [5, 5.41) is 14.5. The molecular formula is C15H13N3O3S. The molecule has 2 atom stereocenters. The van der Waals surface area contributed by atoms with Crippen LogP contribution in [-0.2, 0) is 4.79 Å². The van der Waals surface area contributed by atoms with Crippen molar-refractivity contribution in [2.45, 2.75) is 12.3 Å². The van der Waals surface area contributed by atoms with E-state index in [0.29, 0.717) is 4.88 Å². The third-order valence-corrected chi connectivity index (χ3v) is 4.49. The van der Waals surface area contributed by atoms with Crippen molar-refractivity contribution in [1.82, 2.24) is 5.43 Å². The molecule has 1 amide bonds. The van der Waals surface area contributed by atoms with Crippen molar-refractivity contribution in [3.8, 4) is 0 Å². The molecule has 1 heterocycles. The molecule has 0 bridgehead atoms. The van der Waals surface area contributed by atoms with E-state index in [2.05, 4.69) is 10.5 Å². The van der Waals surface area contributed by atoms with Gasteiger partial charge >= 0.3 is 5.00 Å². The predicted molar refractivity (Wildman–Crippen MR) is 84.0 cm³/mol. The first-order valence-electron chi connectivity index (χ1n) is 6.77. The van der Waals surface area contributed by atoms with Gasteiger partial charge in [0.2, 0.25) is 5.91 Å². The van der Waals surface area contributed by atoms with Crippen molar-refractivity contribution in [3.63, 3.8) is 0 Å². The maximum absolute atomic E-state index is 12.0. The van der Waals surface area contributed by atoms with Crippen LogP contribution in [-0.4, -0.2) is 17.0 Å². The average Bonchev–Trinajstić information content (AvgIpc) is 3.19. The highest BCUT2D eigenvalue weighted by Crippen LogP contribution is 2.47. The van der Waals surface area contributed by atoms with Crippen molar-refractivity contribution >= 4 is 28.5 Å². The van der Waals surface area contributed by atoms with Gasteiger partial charge < -0.3 is 0 Å². The molecule has 0 radical (unpaired) electrons. The summed E-state index contributed by atoms with van der Waals surface area (Å²) in [6.07, 6.45) is 2.26. The van der Waals surface area contributed by atoms with E-state index in [9.17, 15) is 14.9 Å². The molecule has 1 fully saturated rings. The van der Waals surface area contributed by atoms with Gasteiger partial charge in [0.05, 0.1) is 16.0 Å². The Balaban J connectivity index is 1.53. The molecule has 0 saturated heterocycles. The van der Waals surface area contributed by atoms with Crippen molar-refractivity contribution in [1.29, 1.82) is 0 Å². The average molecular weight is 315 g/mol. The van der Waals surface area contributed by atoms with Gasteiger partial charge in [-0.3, -0.25) is 14.9 Å². The van der Waals surface area contributed by atoms with Crippen LogP contribution in [0.15, 0.2) is 47.6 Å². The summed E-state index contributed by atoms with van der Waals surface area (Å²) in [7, 11) is 0. The fourth-order valence-corrected chi connectivity index (χ4v) is 3.00. The Morgan fingerprint density at radius 1 is 1.32 bits per heavy atom. The molecule has 112 valence electrons. The highest BCUT2D eigenvalue weighted by molar-refractivity contribution is 7.16. The normalized spacial score (nSPS) is 20.0. The molecule has 1 aromatic heterocycles. The van der Waals surface area contributed by atoms with Gasteiger partial charge in [-0.25, -0.2) is 5.43 Å². The minimum Gasteiger partial charge on any atom is -0.273 e. The Morgan fingerprint density at radius 3 is 2.77 bits per heavy atom. The summed E-state index contributed by atoms with van der Waals surface area (Å²) in [5.41, 5.74) is 3.67. The number of hydrazone groups is 1. The van der Waals surface area contributed by atoms with Crippen LogP contribution in [0.3, 0.4) is 0 Å². The van der Waals surface area contributed by atoms with E-state index in [4.69, 9.17) is 0 Å². The van der Waals surface area contributed by atoms with Crippen LogP contribution < -0.4 is 5.43 Å². The highest BCUT2D eigenvalue weighted by Gasteiger charge is 2.43. The second-order valence-electron chi connectivity index (χ2n) is 5.03. The largest absolute Gasteiger partial charge is 0.324 e. The molecule has 2 unspecified atom stereocenters. The second-order valence-corrected chi connectivity index (χ2v) is 6.12. The number of carbonyl (C=O) groups is 1. The lowest BCUT2D eigenvalue weighted by Gasteiger charge is -1.99. The zero-order valence-electron chi connectivity index (χ0n) is 11.5. The zero-order chi connectivity index (χ0) is 15.5. The molecule has 1 aliphatic rings. The van der Waals surface area contributed by atoms with Crippen LogP contribution in [0, 0.1) is 16.0 Å². The summed E-state index contributed by atoms with van der Waals surface area (Å²) in [6.45, 7) is 0. The third-order valence-electron chi connectivity index (χ3n) is 3.51. The van der Waals surface area contributed by atoms with Crippen LogP contribution in [0.1, 0.15) is 22.8 Å². The monoisotopic (exact) mass is 315 g/mol. The number of rotatable bonds is 5. The Labute approximate surface area is 130 Å². The molecule has 6 nitrogen and oxygen atoms in total. The summed E-state index contributed by atoms with van der Waals surface area (Å²) in [5.74, 6) is 0.104. The lowest BCUT2D eigenvalue weighted by atomic mass is 10.1. The Hall–Kier alpha value is -2.54. The fourth-order valence-electron chi connectivity index (χ4n) is 2.31. The first kappa shape index (κ1) is 14.4. The van der Waals surface area contributed by atoms with E-state index in [0.717, 1.165) is 17.8 Å². The molecule has 1 aromatic carbocycles. The highest BCUT2D eigenvalue weighted by atomic mass is 32.1. The summed E-state index contributed by atoms with van der Waals surface area (Å²) < 4.78 is 0. The van der Waals surface area contributed by atoms with Crippen molar-refractivity contribution in [2.75, 3.05) is 0 Å². The minimum absolute atomic E-state index is 0.0442. The fraction of sp³-hybridized carbons (Fsp3) is 0.200. The molecule has 1 aliphatic carbocycles. The van der Waals surface area contributed by atoms with Gasteiger partial charge in [-0.1, -0.05) is 41.7 Å². The molecule has 1 N–H and O–H groups in total. The Morgan fingerprint density at radius 2 is 2.09 bits per heavy atom. The van der Waals surface area contributed by atoms with Crippen molar-refractivity contribution in [3.05, 3.63) is 63.0 Å². The lowest BCUT2D eigenvalue weighted by Crippen LogP contribution is -2.19. The van der Waals surface area contributed by atoms with Crippen LogP contribution in [0.25, 0.3) is 0 Å². The van der Waals surface area contributed by atoms with Gasteiger partial charge in [-0.05, 0) is 24.0 Å². The van der Waals surface area contributed by atoms with Gasteiger partial charge in [0.1, 0.15) is 0 Å². The zero-order valence-corrected chi connectivity index (χ0v) is 12.3. The number of nitrogens with one attached hydrogen (secondary N) is 1. The van der Waals surface area contributed by atoms with E-state index in [1.54, 1.807) is 6.07 Å². The number of amides is 1. The van der Waals surface area contributed by atoms with Crippen molar-refractivity contribution < 1.29 is 9.72 Å². The van der Waals surface area contributed by atoms with Crippen LogP contribution in [0.2, 0.25) is 0 Å². The molecule has 22 heavy (non-hydrogen) atoms. The van der Waals surface area contributed by atoms with Gasteiger partial charge in [0.15, 0.2) is 0 Å². The van der Waals surface area contributed by atoms with E-state index < -0.39 is 4.92 Å². The number of benzene rings is 1. The first-order chi connectivity index (χ1) is 10.6. The van der Waals surface area contributed by atoms with Crippen LogP contribution in [0.4, 0.5) is 5.00 Å². The second kappa shape index (κ2) is 6.07. The number of thiophene rings is 1. The molecule has 0 spiro atoms. The molecule has 7 heteroatoms. The van der Waals surface area contributed by atoms with Crippen molar-refractivity contribution in [2.24, 2.45) is 11.0 Å². The molecule has 1 saturated carbocycles. The summed E-state index contributed by atoms with van der Waals surface area (Å²) in [4.78, 5) is 22.7. The topological polar surface area (TPSA) is 84.6 Å². The molecule has 0 aliphatic heterocycles. The van der Waals surface area contributed by atoms with E-state index >= 15 is 0 Å². The minimum atomic E-state index is -0.449. The number of nitro groups is 1. The van der Waals surface area contributed by atoms with E-state index in [-0.39, 0.29) is 22.7 Å². The predicted octanol–water partition coefficient (Wildman–Crippen LogP) is 2.91. The van der Waals surface area contributed by atoms with Gasteiger partial charge in [0.25, 0.3) is 0 Å². The van der Waals surface area contributed by atoms with Gasteiger partial charge in [0, 0.05) is 12.0 Å². The Kier molecular flexibility index (Phi) is 3.97. The number of carbonyl (C=O) groups excluding carboxylic acids is 1. The third kappa shape index (κ3) is 3.20. The first-order valence-corrected chi connectivity index (χ1v) is 7.59. The van der Waals surface area contributed by atoms with Crippen LogP contribution in [0.5, 0.6) is 0 Å².